The first-order valence-electron chi connectivity index (χ1n) is 5.91. The van der Waals surface area contributed by atoms with Crippen molar-refractivity contribution in [3.63, 3.8) is 0 Å². The van der Waals surface area contributed by atoms with Gasteiger partial charge in [-0.2, -0.15) is 0 Å². The van der Waals surface area contributed by atoms with Crippen LogP contribution < -0.4 is 0 Å². The van der Waals surface area contributed by atoms with Crippen LogP contribution in [0.2, 0.25) is 0 Å². The molecule has 100 valence electrons. The maximum absolute atomic E-state index is 12.0. The van der Waals surface area contributed by atoms with Crippen LogP contribution in [-0.2, 0) is 4.74 Å². The number of ketones is 1. The fourth-order valence-electron chi connectivity index (χ4n) is 1.80. The number of ether oxygens (including phenoxy) is 1. The Labute approximate surface area is 109 Å². The van der Waals surface area contributed by atoms with Crippen LogP contribution in [0.1, 0.15) is 16.8 Å². The number of alkyl halides is 2. The maximum atomic E-state index is 12.0. The second-order valence-electron chi connectivity index (χ2n) is 4.02. The van der Waals surface area contributed by atoms with Gasteiger partial charge in [0.05, 0.1) is 12.1 Å². The molecule has 1 heterocycles. The number of para-hydroxylation sites is 1. The number of carbonyl (C=O) groups is 1. The number of hydrogen-bond donors (Lipinski definition) is 0. The smallest absolute Gasteiger partial charge is 0.261 e. The molecule has 19 heavy (non-hydrogen) atoms. The number of benzene rings is 1. The summed E-state index contributed by atoms with van der Waals surface area (Å²) in [6.45, 7) is -0.645. The molecule has 0 aliphatic rings. The van der Waals surface area contributed by atoms with Gasteiger partial charge in [0.1, 0.15) is 6.61 Å². The molecule has 0 bridgehead atoms. The zero-order valence-electron chi connectivity index (χ0n) is 10.2. The van der Waals surface area contributed by atoms with Gasteiger partial charge < -0.3 is 4.74 Å². The average molecular weight is 265 g/mol. The van der Waals surface area contributed by atoms with Gasteiger partial charge in [-0.15, -0.1) is 0 Å². The monoisotopic (exact) mass is 265 g/mol. The molecule has 2 rings (SSSR count). The average Bonchev–Trinajstić information content (AvgIpc) is 2.42. The van der Waals surface area contributed by atoms with Gasteiger partial charge in [0, 0.05) is 23.6 Å². The molecule has 0 unspecified atom stereocenters. The topological polar surface area (TPSA) is 39.2 Å². The molecule has 1 aromatic carbocycles. The van der Waals surface area contributed by atoms with Gasteiger partial charge in [0.25, 0.3) is 6.43 Å². The standard InChI is InChI=1S/C14H13F2NO2/c15-13(16)9-19-8-6-12(18)11-5-1-3-10-4-2-7-17-14(10)11/h1-5,7,13H,6,8-9H2. The fourth-order valence-corrected chi connectivity index (χ4v) is 1.80. The molecule has 0 saturated carbocycles. The Bertz CT molecular complexity index is 567. The highest BCUT2D eigenvalue weighted by molar-refractivity contribution is 6.06. The van der Waals surface area contributed by atoms with Crippen LogP contribution in [0.15, 0.2) is 36.5 Å². The largest absolute Gasteiger partial charge is 0.375 e. The van der Waals surface area contributed by atoms with Crippen LogP contribution >= 0.6 is 0 Å². The van der Waals surface area contributed by atoms with Crippen molar-refractivity contribution in [2.24, 2.45) is 0 Å². The van der Waals surface area contributed by atoms with E-state index in [0.717, 1.165) is 5.39 Å². The first-order valence-corrected chi connectivity index (χ1v) is 5.91. The third-order valence-corrected chi connectivity index (χ3v) is 2.65. The van der Waals surface area contributed by atoms with Crippen LogP contribution in [0.25, 0.3) is 10.9 Å². The van der Waals surface area contributed by atoms with Crippen molar-refractivity contribution in [1.82, 2.24) is 4.98 Å². The molecule has 2 aromatic rings. The molecule has 0 spiro atoms. The van der Waals surface area contributed by atoms with E-state index in [4.69, 9.17) is 4.74 Å². The lowest BCUT2D eigenvalue weighted by atomic mass is 10.0. The summed E-state index contributed by atoms with van der Waals surface area (Å²) in [5.41, 5.74) is 1.13. The number of nitrogens with zero attached hydrogens (tertiary/aromatic N) is 1. The van der Waals surface area contributed by atoms with E-state index in [9.17, 15) is 13.6 Å². The maximum Gasteiger partial charge on any atom is 0.261 e. The summed E-state index contributed by atoms with van der Waals surface area (Å²) < 4.78 is 28.4. The minimum atomic E-state index is -2.51. The Hall–Kier alpha value is -1.88. The van der Waals surface area contributed by atoms with Gasteiger partial charge in [-0.1, -0.05) is 18.2 Å². The second-order valence-corrected chi connectivity index (χ2v) is 4.02. The van der Waals surface area contributed by atoms with Gasteiger partial charge >= 0.3 is 0 Å². The first-order chi connectivity index (χ1) is 9.18. The Morgan fingerprint density at radius 1 is 1.26 bits per heavy atom. The molecule has 0 atom stereocenters. The lowest BCUT2D eigenvalue weighted by Gasteiger charge is -2.05. The highest BCUT2D eigenvalue weighted by atomic mass is 19.3. The number of aromatic nitrogens is 1. The number of carbonyl (C=O) groups excluding carboxylic acids is 1. The molecule has 3 nitrogen and oxygen atoms in total. The van der Waals surface area contributed by atoms with Gasteiger partial charge in [0.2, 0.25) is 0 Å². The lowest BCUT2D eigenvalue weighted by molar-refractivity contribution is 0.0170. The summed E-state index contributed by atoms with van der Waals surface area (Å²) in [6.07, 6.45) is -0.816. The predicted octanol–water partition coefficient (Wildman–Crippen LogP) is 3.09. The minimum absolute atomic E-state index is 0.00755. The predicted molar refractivity (Wildman–Crippen MR) is 67.5 cm³/mol. The third-order valence-electron chi connectivity index (χ3n) is 2.65. The van der Waals surface area contributed by atoms with E-state index >= 15 is 0 Å². The normalized spacial score (nSPS) is 11.1. The van der Waals surface area contributed by atoms with Crippen molar-refractivity contribution in [2.75, 3.05) is 13.2 Å². The van der Waals surface area contributed by atoms with Crippen molar-refractivity contribution < 1.29 is 18.3 Å². The summed E-state index contributed by atoms with van der Waals surface area (Å²) in [4.78, 5) is 16.2. The molecule has 0 aliphatic carbocycles. The van der Waals surface area contributed by atoms with Crippen molar-refractivity contribution in [2.45, 2.75) is 12.8 Å². The molecule has 0 aliphatic heterocycles. The molecular weight excluding hydrogens is 252 g/mol. The van der Waals surface area contributed by atoms with E-state index in [1.54, 1.807) is 24.4 Å². The van der Waals surface area contributed by atoms with Gasteiger partial charge in [0.15, 0.2) is 5.78 Å². The van der Waals surface area contributed by atoms with Crippen LogP contribution in [0.3, 0.4) is 0 Å². The van der Waals surface area contributed by atoms with Crippen LogP contribution in [-0.4, -0.2) is 30.4 Å². The minimum Gasteiger partial charge on any atom is -0.375 e. The number of Topliss-reactive ketones (excluding diaryl/α,β-unsaturated/α-hetero) is 1. The van der Waals surface area contributed by atoms with E-state index in [-0.39, 0.29) is 18.8 Å². The second kappa shape index (κ2) is 6.33. The lowest BCUT2D eigenvalue weighted by Crippen LogP contribution is -2.10. The van der Waals surface area contributed by atoms with Crippen LogP contribution in [0.4, 0.5) is 8.78 Å². The number of halogens is 2. The highest BCUT2D eigenvalue weighted by Crippen LogP contribution is 2.17. The van der Waals surface area contributed by atoms with E-state index < -0.39 is 13.0 Å². The Kier molecular flexibility index (Phi) is 4.52. The Morgan fingerprint density at radius 2 is 2.05 bits per heavy atom. The molecular formula is C14H13F2NO2. The number of hydrogen-bond acceptors (Lipinski definition) is 3. The van der Waals surface area contributed by atoms with Gasteiger partial charge in [-0.25, -0.2) is 8.78 Å². The fraction of sp³-hybridized carbons (Fsp3) is 0.286. The quantitative estimate of drug-likeness (QED) is 0.595. The molecule has 5 heteroatoms. The van der Waals surface area contributed by atoms with Gasteiger partial charge in [-0.05, 0) is 12.1 Å². The zero-order valence-corrected chi connectivity index (χ0v) is 10.2. The van der Waals surface area contributed by atoms with Crippen LogP contribution in [0.5, 0.6) is 0 Å². The summed E-state index contributed by atoms with van der Waals surface area (Å²) in [5, 5.41) is 0.877. The van der Waals surface area contributed by atoms with Gasteiger partial charge in [-0.3, -0.25) is 9.78 Å². The summed E-state index contributed by atoms with van der Waals surface area (Å²) in [6, 6.07) is 8.99. The van der Waals surface area contributed by atoms with E-state index in [2.05, 4.69) is 4.98 Å². The number of pyridine rings is 1. The molecule has 0 N–H and O–H groups in total. The van der Waals surface area contributed by atoms with E-state index in [0.29, 0.717) is 11.1 Å². The highest BCUT2D eigenvalue weighted by Gasteiger charge is 2.11. The molecule has 0 amide bonds. The number of rotatable bonds is 6. The number of fused-ring (bicyclic) bond motifs is 1. The third kappa shape index (κ3) is 3.54. The molecule has 1 aromatic heterocycles. The first kappa shape index (κ1) is 13.5. The zero-order chi connectivity index (χ0) is 13.7. The SMILES string of the molecule is O=C(CCOCC(F)F)c1cccc2cccnc12. The Balaban J connectivity index is 2.05. The molecule has 0 fully saturated rings. The van der Waals surface area contributed by atoms with Crippen molar-refractivity contribution in [3.8, 4) is 0 Å². The molecule has 0 saturated heterocycles. The summed E-state index contributed by atoms with van der Waals surface area (Å²) in [5.74, 6) is -0.154. The van der Waals surface area contributed by atoms with Crippen LogP contribution in [0, 0.1) is 0 Å². The molecule has 0 radical (unpaired) electrons. The summed E-state index contributed by atoms with van der Waals surface area (Å²) >= 11 is 0. The van der Waals surface area contributed by atoms with E-state index in [1.165, 1.54) is 0 Å². The van der Waals surface area contributed by atoms with Crippen molar-refractivity contribution in [1.29, 1.82) is 0 Å². The van der Waals surface area contributed by atoms with Crippen molar-refractivity contribution in [3.05, 3.63) is 42.1 Å². The van der Waals surface area contributed by atoms with Crippen molar-refractivity contribution >= 4 is 16.7 Å². The summed E-state index contributed by atoms with van der Waals surface area (Å²) in [7, 11) is 0. The van der Waals surface area contributed by atoms with E-state index in [1.807, 2.05) is 12.1 Å². The Morgan fingerprint density at radius 3 is 2.84 bits per heavy atom.